The number of hydrogen-bond donors (Lipinski definition) is 2. The third-order valence-electron chi connectivity index (χ3n) is 3.59. The van der Waals surface area contributed by atoms with Crippen molar-refractivity contribution in [1.82, 2.24) is 25.4 Å². The zero-order valence-corrected chi connectivity index (χ0v) is 15.1. The number of nitrogens with one attached hydrogen (secondary N) is 2. The minimum atomic E-state index is 0.501. The van der Waals surface area contributed by atoms with Crippen molar-refractivity contribution in [3.8, 4) is 0 Å². The quantitative estimate of drug-likeness (QED) is 0.364. The van der Waals surface area contributed by atoms with Gasteiger partial charge in [-0.05, 0) is 25.5 Å². The Morgan fingerprint density at radius 2 is 2.20 bits per heavy atom. The van der Waals surface area contributed by atoms with Crippen LogP contribution in [-0.4, -0.2) is 47.0 Å². The van der Waals surface area contributed by atoms with Crippen molar-refractivity contribution in [3.63, 3.8) is 0 Å². The predicted octanol–water partition coefficient (Wildman–Crippen LogP) is 1.60. The molecule has 0 aromatic carbocycles. The van der Waals surface area contributed by atoms with Crippen molar-refractivity contribution in [3.05, 3.63) is 36.3 Å². The molecule has 25 heavy (non-hydrogen) atoms. The first-order valence-electron chi connectivity index (χ1n) is 8.82. The normalized spacial score (nSPS) is 11.7. The molecular formula is C17H28N6O2. The number of rotatable bonds is 11. The molecule has 0 saturated carbocycles. The molecule has 0 saturated heterocycles. The van der Waals surface area contributed by atoms with E-state index in [0.29, 0.717) is 6.54 Å². The molecular weight excluding hydrogens is 320 g/mol. The lowest BCUT2D eigenvalue weighted by Gasteiger charge is -2.13. The van der Waals surface area contributed by atoms with Crippen molar-refractivity contribution in [1.29, 1.82) is 0 Å². The van der Waals surface area contributed by atoms with Gasteiger partial charge < -0.3 is 24.4 Å². The Balaban J connectivity index is 1.81. The number of furan rings is 1. The van der Waals surface area contributed by atoms with Crippen LogP contribution in [0.4, 0.5) is 0 Å². The minimum absolute atomic E-state index is 0.501. The number of aliphatic imine (C=N–C) groups is 1. The van der Waals surface area contributed by atoms with Crippen LogP contribution in [0.25, 0.3) is 0 Å². The van der Waals surface area contributed by atoms with Gasteiger partial charge in [-0.15, -0.1) is 10.2 Å². The number of guanidine groups is 1. The average molecular weight is 348 g/mol. The van der Waals surface area contributed by atoms with Crippen LogP contribution in [0.2, 0.25) is 0 Å². The number of aryl methyl sites for hydroxylation is 1. The third kappa shape index (κ3) is 6.96. The fourth-order valence-corrected chi connectivity index (χ4v) is 2.29. The van der Waals surface area contributed by atoms with Crippen molar-refractivity contribution in [2.75, 3.05) is 26.3 Å². The summed E-state index contributed by atoms with van der Waals surface area (Å²) in [6, 6.07) is 3.78. The summed E-state index contributed by atoms with van der Waals surface area (Å²) in [5.74, 6) is 2.59. The van der Waals surface area contributed by atoms with Crippen LogP contribution in [-0.2, 0) is 24.2 Å². The van der Waals surface area contributed by atoms with E-state index in [4.69, 9.17) is 9.15 Å². The summed E-state index contributed by atoms with van der Waals surface area (Å²) in [5.41, 5.74) is 0. The molecule has 0 radical (unpaired) electrons. The standard InChI is InChI=1S/C17H28N6O2/c1-3-16-22-21-14-23(16)10-9-19-17(18-8-6-11-24-4-2)20-13-15-7-5-12-25-15/h5,7,12,14H,3-4,6,8-11,13H2,1-2H3,(H2,18,19,20). The maximum Gasteiger partial charge on any atom is 0.191 e. The second kappa shape index (κ2) is 11.2. The number of ether oxygens (including phenoxy) is 1. The van der Waals surface area contributed by atoms with Crippen LogP contribution in [0.3, 0.4) is 0 Å². The summed E-state index contributed by atoms with van der Waals surface area (Å²) in [7, 11) is 0. The lowest BCUT2D eigenvalue weighted by Crippen LogP contribution is -2.39. The minimum Gasteiger partial charge on any atom is -0.467 e. The molecule has 0 amide bonds. The highest BCUT2D eigenvalue weighted by molar-refractivity contribution is 5.79. The van der Waals surface area contributed by atoms with Crippen LogP contribution < -0.4 is 10.6 Å². The van der Waals surface area contributed by atoms with Crippen molar-refractivity contribution < 1.29 is 9.15 Å². The molecule has 2 N–H and O–H groups in total. The third-order valence-corrected chi connectivity index (χ3v) is 3.59. The van der Waals surface area contributed by atoms with E-state index in [1.54, 1.807) is 12.6 Å². The van der Waals surface area contributed by atoms with Crippen LogP contribution in [0, 0.1) is 0 Å². The van der Waals surface area contributed by atoms with Gasteiger partial charge in [0, 0.05) is 39.3 Å². The Hall–Kier alpha value is -2.35. The largest absolute Gasteiger partial charge is 0.467 e. The van der Waals surface area contributed by atoms with Crippen molar-refractivity contribution in [2.45, 2.75) is 39.8 Å². The van der Waals surface area contributed by atoms with E-state index in [-0.39, 0.29) is 0 Å². The maximum atomic E-state index is 5.36. The smallest absolute Gasteiger partial charge is 0.191 e. The predicted molar refractivity (Wildman–Crippen MR) is 96.4 cm³/mol. The maximum absolute atomic E-state index is 5.36. The molecule has 8 nitrogen and oxygen atoms in total. The summed E-state index contributed by atoms with van der Waals surface area (Å²) in [5, 5.41) is 14.7. The van der Waals surface area contributed by atoms with Crippen LogP contribution in [0.5, 0.6) is 0 Å². The number of nitrogens with zero attached hydrogens (tertiary/aromatic N) is 4. The number of hydrogen-bond acceptors (Lipinski definition) is 5. The van der Waals surface area contributed by atoms with Crippen molar-refractivity contribution in [2.24, 2.45) is 4.99 Å². The topological polar surface area (TPSA) is 89.5 Å². The van der Waals surface area contributed by atoms with Gasteiger partial charge in [-0.25, -0.2) is 4.99 Å². The molecule has 0 aliphatic rings. The monoisotopic (exact) mass is 348 g/mol. The number of aromatic nitrogens is 3. The second-order valence-electron chi connectivity index (χ2n) is 5.44. The molecule has 2 rings (SSSR count). The van der Waals surface area contributed by atoms with E-state index in [1.165, 1.54) is 0 Å². The van der Waals surface area contributed by atoms with Crippen LogP contribution in [0.1, 0.15) is 31.9 Å². The zero-order chi connectivity index (χ0) is 17.7. The van der Waals surface area contributed by atoms with Gasteiger partial charge in [0.05, 0.1) is 6.26 Å². The van der Waals surface area contributed by atoms with E-state index in [0.717, 1.165) is 63.2 Å². The molecule has 2 heterocycles. The lowest BCUT2D eigenvalue weighted by atomic mass is 10.4. The van der Waals surface area contributed by atoms with E-state index >= 15 is 0 Å². The second-order valence-corrected chi connectivity index (χ2v) is 5.44. The molecule has 138 valence electrons. The summed E-state index contributed by atoms with van der Waals surface area (Å²) < 4.78 is 12.7. The SMILES string of the molecule is CCOCCCNC(=NCc1ccco1)NCCn1cnnc1CC. The molecule has 0 aliphatic carbocycles. The summed E-state index contributed by atoms with van der Waals surface area (Å²) in [6.45, 7) is 8.39. The van der Waals surface area contributed by atoms with Gasteiger partial charge in [-0.3, -0.25) is 0 Å². The molecule has 2 aromatic heterocycles. The van der Waals surface area contributed by atoms with Gasteiger partial charge in [0.25, 0.3) is 0 Å². The zero-order valence-electron chi connectivity index (χ0n) is 15.1. The van der Waals surface area contributed by atoms with Gasteiger partial charge >= 0.3 is 0 Å². The molecule has 0 bridgehead atoms. The van der Waals surface area contributed by atoms with Gasteiger partial charge in [0.1, 0.15) is 24.5 Å². The van der Waals surface area contributed by atoms with Crippen LogP contribution >= 0.6 is 0 Å². The highest BCUT2D eigenvalue weighted by atomic mass is 16.5. The van der Waals surface area contributed by atoms with E-state index in [9.17, 15) is 0 Å². The fourth-order valence-electron chi connectivity index (χ4n) is 2.29. The highest BCUT2D eigenvalue weighted by Crippen LogP contribution is 2.01. The molecule has 0 atom stereocenters. The molecule has 2 aromatic rings. The van der Waals surface area contributed by atoms with Crippen molar-refractivity contribution >= 4 is 5.96 Å². The molecule has 8 heteroatoms. The Bertz CT molecular complexity index is 608. The highest BCUT2D eigenvalue weighted by Gasteiger charge is 2.03. The lowest BCUT2D eigenvalue weighted by molar-refractivity contribution is 0.145. The first-order chi connectivity index (χ1) is 12.3. The summed E-state index contributed by atoms with van der Waals surface area (Å²) in [6.07, 6.45) is 5.22. The van der Waals surface area contributed by atoms with E-state index in [1.807, 2.05) is 23.6 Å². The summed E-state index contributed by atoms with van der Waals surface area (Å²) >= 11 is 0. The Kier molecular flexibility index (Phi) is 8.54. The average Bonchev–Trinajstić information content (AvgIpc) is 3.30. The van der Waals surface area contributed by atoms with E-state index in [2.05, 4.69) is 32.7 Å². The Morgan fingerprint density at radius 3 is 2.96 bits per heavy atom. The summed E-state index contributed by atoms with van der Waals surface area (Å²) in [4.78, 5) is 4.56. The Labute approximate surface area is 148 Å². The van der Waals surface area contributed by atoms with Gasteiger partial charge in [-0.2, -0.15) is 0 Å². The Morgan fingerprint density at radius 1 is 1.32 bits per heavy atom. The molecule has 0 aliphatic heterocycles. The molecule has 0 fully saturated rings. The van der Waals surface area contributed by atoms with Gasteiger partial charge in [0.15, 0.2) is 5.96 Å². The van der Waals surface area contributed by atoms with E-state index < -0.39 is 0 Å². The first kappa shape index (κ1) is 19.0. The van der Waals surface area contributed by atoms with Gasteiger partial charge in [0.2, 0.25) is 0 Å². The molecule has 0 spiro atoms. The molecule has 0 unspecified atom stereocenters. The fraction of sp³-hybridized carbons (Fsp3) is 0.588. The van der Waals surface area contributed by atoms with Gasteiger partial charge in [-0.1, -0.05) is 6.92 Å². The van der Waals surface area contributed by atoms with Crippen LogP contribution in [0.15, 0.2) is 34.1 Å². The first-order valence-corrected chi connectivity index (χ1v) is 8.82.